The Kier molecular flexibility index (Phi) is 2.75. The average molecular weight is 252 g/mol. The van der Waals surface area contributed by atoms with Crippen LogP contribution in [0.5, 0.6) is 0 Å². The molecule has 0 fully saturated rings. The number of halogens is 1. The molecule has 0 saturated heterocycles. The van der Waals surface area contributed by atoms with E-state index in [0.717, 1.165) is 5.56 Å². The van der Waals surface area contributed by atoms with E-state index in [1.165, 1.54) is 0 Å². The van der Waals surface area contributed by atoms with Crippen LogP contribution in [-0.2, 0) is 0 Å². The van der Waals surface area contributed by atoms with Gasteiger partial charge >= 0.3 is 0 Å². The molecule has 0 aliphatic rings. The molecule has 0 aliphatic heterocycles. The van der Waals surface area contributed by atoms with Crippen molar-refractivity contribution in [1.82, 2.24) is 9.97 Å². The van der Waals surface area contributed by atoms with Crippen LogP contribution in [0.25, 0.3) is 22.3 Å². The van der Waals surface area contributed by atoms with Gasteiger partial charge in [0.15, 0.2) is 0 Å². The minimum Gasteiger partial charge on any atom is -0.254 e. The maximum Gasteiger partial charge on any atom is 0.137 e. The molecular weight excluding hydrogens is 239 g/mol. The largest absolute Gasteiger partial charge is 0.254 e. The number of rotatable bonds is 1. The molecular formula is C16H13FN2. The van der Waals surface area contributed by atoms with Crippen molar-refractivity contribution in [2.45, 2.75) is 13.8 Å². The Morgan fingerprint density at radius 3 is 2.53 bits per heavy atom. The monoisotopic (exact) mass is 252 g/mol. The van der Waals surface area contributed by atoms with Crippen LogP contribution >= 0.6 is 0 Å². The second-order valence-electron chi connectivity index (χ2n) is 4.64. The van der Waals surface area contributed by atoms with Gasteiger partial charge in [-0.1, -0.05) is 18.2 Å². The molecule has 1 aromatic carbocycles. The van der Waals surface area contributed by atoms with E-state index in [9.17, 15) is 4.39 Å². The van der Waals surface area contributed by atoms with Crippen molar-refractivity contribution in [1.29, 1.82) is 0 Å². The molecule has 94 valence electrons. The summed E-state index contributed by atoms with van der Waals surface area (Å²) in [6.45, 7) is 3.71. The van der Waals surface area contributed by atoms with E-state index >= 15 is 0 Å². The molecule has 2 heterocycles. The van der Waals surface area contributed by atoms with Gasteiger partial charge in [-0.2, -0.15) is 0 Å². The highest BCUT2D eigenvalue weighted by Gasteiger charge is 2.13. The molecule has 3 aromatic rings. The summed E-state index contributed by atoms with van der Waals surface area (Å²) in [4.78, 5) is 8.86. The smallest absolute Gasteiger partial charge is 0.137 e. The normalized spacial score (nSPS) is 10.9. The third-order valence-electron chi connectivity index (χ3n) is 3.21. The van der Waals surface area contributed by atoms with E-state index in [0.29, 0.717) is 27.9 Å². The fourth-order valence-electron chi connectivity index (χ4n) is 2.12. The lowest BCUT2D eigenvalue weighted by atomic mass is 10.1. The quantitative estimate of drug-likeness (QED) is 0.653. The lowest BCUT2D eigenvalue weighted by Crippen LogP contribution is -1.97. The zero-order chi connectivity index (χ0) is 13.4. The number of hydrogen-bond donors (Lipinski definition) is 0. The van der Waals surface area contributed by atoms with E-state index in [1.54, 1.807) is 19.2 Å². The lowest BCUT2D eigenvalue weighted by Gasteiger charge is -2.08. The van der Waals surface area contributed by atoms with Crippen LogP contribution in [0.3, 0.4) is 0 Å². The van der Waals surface area contributed by atoms with E-state index in [1.807, 2.05) is 37.3 Å². The number of pyridine rings is 2. The van der Waals surface area contributed by atoms with Gasteiger partial charge in [0.1, 0.15) is 5.82 Å². The Hall–Kier alpha value is -2.29. The molecule has 19 heavy (non-hydrogen) atoms. The van der Waals surface area contributed by atoms with E-state index in [2.05, 4.69) is 9.97 Å². The summed E-state index contributed by atoms with van der Waals surface area (Å²) in [6, 6.07) is 11.1. The van der Waals surface area contributed by atoms with Crippen molar-refractivity contribution in [2.75, 3.05) is 0 Å². The Morgan fingerprint density at radius 1 is 1.00 bits per heavy atom. The van der Waals surface area contributed by atoms with Crippen LogP contribution in [0.4, 0.5) is 4.39 Å². The van der Waals surface area contributed by atoms with Gasteiger partial charge in [0, 0.05) is 17.1 Å². The SMILES string of the molecule is Cc1ccc(-c2nc3ccccc3c(F)c2C)nc1. The van der Waals surface area contributed by atoms with Gasteiger partial charge in [-0.05, 0) is 37.6 Å². The predicted molar refractivity (Wildman–Crippen MR) is 74.4 cm³/mol. The van der Waals surface area contributed by atoms with Crippen molar-refractivity contribution in [3.8, 4) is 11.4 Å². The minimum atomic E-state index is -0.219. The number of nitrogens with zero attached hydrogens (tertiary/aromatic N) is 2. The minimum absolute atomic E-state index is 0.219. The number of hydrogen-bond acceptors (Lipinski definition) is 2. The highest BCUT2D eigenvalue weighted by atomic mass is 19.1. The van der Waals surface area contributed by atoms with Crippen molar-refractivity contribution in [3.05, 3.63) is 59.5 Å². The van der Waals surface area contributed by atoms with Gasteiger partial charge in [0.25, 0.3) is 0 Å². The summed E-state index contributed by atoms with van der Waals surface area (Å²) >= 11 is 0. The summed E-state index contributed by atoms with van der Waals surface area (Å²) in [6.07, 6.45) is 1.77. The number of para-hydroxylation sites is 1. The first-order chi connectivity index (χ1) is 9.16. The predicted octanol–water partition coefficient (Wildman–Crippen LogP) is 4.05. The van der Waals surface area contributed by atoms with Gasteiger partial charge in [0.05, 0.1) is 16.9 Å². The molecule has 0 amide bonds. The van der Waals surface area contributed by atoms with Crippen molar-refractivity contribution in [3.63, 3.8) is 0 Å². The molecule has 0 N–H and O–H groups in total. The zero-order valence-electron chi connectivity index (χ0n) is 10.8. The molecule has 0 atom stereocenters. The highest BCUT2D eigenvalue weighted by Crippen LogP contribution is 2.27. The Morgan fingerprint density at radius 2 is 1.79 bits per heavy atom. The van der Waals surface area contributed by atoms with Crippen LogP contribution in [0.15, 0.2) is 42.6 Å². The van der Waals surface area contributed by atoms with Crippen molar-refractivity contribution < 1.29 is 4.39 Å². The van der Waals surface area contributed by atoms with Gasteiger partial charge < -0.3 is 0 Å². The maximum atomic E-state index is 14.4. The summed E-state index contributed by atoms with van der Waals surface area (Å²) in [5, 5.41) is 0.552. The van der Waals surface area contributed by atoms with Gasteiger partial charge in [-0.25, -0.2) is 9.37 Å². The fourth-order valence-corrected chi connectivity index (χ4v) is 2.12. The van der Waals surface area contributed by atoms with Gasteiger partial charge in [-0.3, -0.25) is 4.98 Å². The Bertz CT molecular complexity index is 749. The molecule has 3 heteroatoms. The van der Waals surface area contributed by atoms with Gasteiger partial charge in [0.2, 0.25) is 0 Å². The average Bonchev–Trinajstić information content (AvgIpc) is 2.44. The topological polar surface area (TPSA) is 25.8 Å². The number of benzene rings is 1. The van der Waals surface area contributed by atoms with Gasteiger partial charge in [-0.15, -0.1) is 0 Å². The number of fused-ring (bicyclic) bond motifs is 1. The van der Waals surface area contributed by atoms with E-state index < -0.39 is 0 Å². The molecule has 0 aliphatic carbocycles. The molecule has 0 spiro atoms. The van der Waals surface area contributed by atoms with Crippen LogP contribution in [0, 0.1) is 19.7 Å². The van der Waals surface area contributed by atoms with Crippen LogP contribution < -0.4 is 0 Å². The first kappa shape index (κ1) is 11.8. The molecule has 0 bridgehead atoms. The highest BCUT2D eigenvalue weighted by molar-refractivity contribution is 5.83. The Balaban J connectivity index is 2.29. The molecule has 0 saturated carbocycles. The maximum absolute atomic E-state index is 14.4. The number of aromatic nitrogens is 2. The van der Waals surface area contributed by atoms with Crippen LogP contribution in [0.1, 0.15) is 11.1 Å². The van der Waals surface area contributed by atoms with Crippen molar-refractivity contribution in [2.24, 2.45) is 0 Å². The van der Waals surface area contributed by atoms with E-state index in [4.69, 9.17) is 0 Å². The summed E-state index contributed by atoms with van der Waals surface area (Å²) in [5.41, 5.74) is 3.57. The molecule has 2 aromatic heterocycles. The second kappa shape index (κ2) is 4.43. The third-order valence-corrected chi connectivity index (χ3v) is 3.21. The molecule has 2 nitrogen and oxygen atoms in total. The Labute approximate surface area is 111 Å². The molecule has 0 unspecified atom stereocenters. The summed E-state index contributed by atoms with van der Waals surface area (Å²) < 4.78 is 14.4. The molecule has 3 rings (SSSR count). The first-order valence-corrected chi connectivity index (χ1v) is 6.14. The fraction of sp³-hybridized carbons (Fsp3) is 0.125. The first-order valence-electron chi connectivity index (χ1n) is 6.14. The summed E-state index contributed by atoms with van der Waals surface area (Å²) in [7, 11) is 0. The third kappa shape index (κ3) is 1.97. The van der Waals surface area contributed by atoms with Crippen molar-refractivity contribution >= 4 is 10.9 Å². The van der Waals surface area contributed by atoms with Crippen LogP contribution in [-0.4, -0.2) is 9.97 Å². The summed E-state index contributed by atoms with van der Waals surface area (Å²) in [5.74, 6) is -0.219. The standard InChI is InChI=1S/C16H13FN2/c1-10-7-8-14(18-9-10)16-11(2)15(17)12-5-3-4-6-13(12)19-16/h3-9H,1-2H3. The van der Waals surface area contributed by atoms with Crippen LogP contribution in [0.2, 0.25) is 0 Å². The zero-order valence-corrected chi connectivity index (χ0v) is 10.8. The molecule has 0 radical (unpaired) electrons. The number of aryl methyl sites for hydroxylation is 1. The van der Waals surface area contributed by atoms with E-state index in [-0.39, 0.29) is 5.82 Å². The lowest BCUT2D eigenvalue weighted by molar-refractivity contribution is 0.629. The second-order valence-corrected chi connectivity index (χ2v) is 4.64.